The minimum absolute atomic E-state index is 0.501. The summed E-state index contributed by atoms with van der Waals surface area (Å²) in [6, 6.07) is 8.84. The normalized spacial score (nSPS) is 11.1. The lowest BCUT2D eigenvalue weighted by Crippen LogP contribution is -2.25. The Kier molecular flexibility index (Phi) is 6.03. The van der Waals surface area contributed by atoms with Crippen LogP contribution < -0.4 is 9.64 Å². The average Bonchev–Trinajstić information content (AvgIpc) is 2.33. The van der Waals surface area contributed by atoms with Crippen molar-refractivity contribution in [3.8, 4) is 5.75 Å². The zero-order valence-electron chi connectivity index (χ0n) is 12.4. The summed E-state index contributed by atoms with van der Waals surface area (Å²) in [5.74, 6) is 1.73. The molecular weight excluding hydrogens is 222 g/mol. The van der Waals surface area contributed by atoms with Crippen molar-refractivity contribution < 1.29 is 4.74 Å². The summed E-state index contributed by atoms with van der Waals surface area (Å²) in [6.45, 7) is 9.69. The van der Waals surface area contributed by atoms with Gasteiger partial charge < -0.3 is 9.64 Å². The number of benzene rings is 1. The Morgan fingerprint density at radius 3 is 2.50 bits per heavy atom. The molecule has 0 saturated heterocycles. The second-order valence-electron chi connectivity index (χ2n) is 5.59. The fourth-order valence-electron chi connectivity index (χ4n) is 1.77. The lowest BCUT2D eigenvalue weighted by molar-refractivity contribution is 0.298. The molecule has 1 rings (SSSR count). The number of hydrogen-bond acceptors (Lipinski definition) is 2. The molecule has 0 aliphatic heterocycles. The molecule has 0 heterocycles. The van der Waals surface area contributed by atoms with Crippen molar-refractivity contribution in [1.29, 1.82) is 0 Å². The predicted molar refractivity (Wildman–Crippen MR) is 79.5 cm³/mol. The van der Waals surface area contributed by atoms with Crippen LogP contribution in [-0.4, -0.2) is 19.7 Å². The molecule has 0 aliphatic carbocycles. The number of rotatable bonds is 7. The van der Waals surface area contributed by atoms with Crippen LogP contribution in [0, 0.1) is 5.92 Å². The minimum atomic E-state index is 0.501. The molecule has 2 heteroatoms. The van der Waals surface area contributed by atoms with Gasteiger partial charge in [0.1, 0.15) is 5.75 Å². The van der Waals surface area contributed by atoms with E-state index in [0.717, 1.165) is 24.7 Å². The summed E-state index contributed by atoms with van der Waals surface area (Å²) >= 11 is 0. The molecule has 0 saturated carbocycles. The summed E-state index contributed by atoms with van der Waals surface area (Å²) in [7, 11) is 2.11. The molecule has 102 valence electrons. The van der Waals surface area contributed by atoms with Crippen molar-refractivity contribution in [3.63, 3.8) is 0 Å². The van der Waals surface area contributed by atoms with Gasteiger partial charge in [0, 0.05) is 24.8 Å². The van der Waals surface area contributed by atoms with E-state index in [1.165, 1.54) is 12.1 Å². The van der Waals surface area contributed by atoms with Gasteiger partial charge in [-0.3, -0.25) is 0 Å². The van der Waals surface area contributed by atoms with Crippen LogP contribution in [0.2, 0.25) is 0 Å². The molecule has 1 aromatic carbocycles. The Bertz CT molecular complexity index is 347. The molecule has 2 nitrogen and oxygen atoms in total. The van der Waals surface area contributed by atoms with Crippen LogP contribution in [0.4, 0.5) is 5.69 Å². The smallest absolute Gasteiger partial charge is 0.121 e. The summed E-state index contributed by atoms with van der Waals surface area (Å²) in [4.78, 5) is 2.25. The molecule has 18 heavy (non-hydrogen) atoms. The lowest BCUT2D eigenvalue weighted by Gasteiger charge is -2.24. The van der Waals surface area contributed by atoms with E-state index in [0.29, 0.717) is 6.04 Å². The van der Waals surface area contributed by atoms with Gasteiger partial charge in [0.2, 0.25) is 0 Å². The molecule has 0 aromatic heterocycles. The summed E-state index contributed by atoms with van der Waals surface area (Å²) in [5, 5.41) is 0. The van der Waals surface area contributed by atoms with Crippen molar-refractivity contribution in [1.82, 2.24) is 0 Å². The van der Waals surface area contributed by atoms with Crippen LogP contribution in [0.15, 0.2) is 24.3 Å². The fourth-order valence-corrected chi connectivity index (χ4v) is 1.77. The highest BCUT2D eigenvalue weighted by atomic mass is 16.5. The third-order valence-electron chi connectivity index (χ3n) is 3.19. The summed E-state index contributed by atoms with van der Waals surface area (Å²) < 4.78 is 5.80. The van der Waals surface area contributed by atoms with Gasteiger partial charge >= 0.3 is 0 Å². The third-order valence-corrected chi connectivity index (χ3v) is 3.19. The van der Waals surface area contributed by atoms with Crippen LogP contribution >= 0.6 is 0 Å². The van der Waals surface area contributed by atoms with Gasteiger partial charge in [-0.2, -0.15) is 0 Å². The molecule has 0 bridgehead atoms. The van der Waals surface area contributed by atoms with Gasteiger partial charge in [0.05, 0.1) is 6.61 Å². The molecule has 0 atom stereocenters. The Balaban J connectivity index is 2.49. The first-order valence-corrected chi connectivity index (χ1v) is 6.96. The summed E-state index contributed by atoms with van der Waals surface area (Å²) in [6.07, 6.45) is 2.35. The number of hydrogen-bond donors (Lipinski definition) is 0. The monoisotopic (exact) mass is 249 g/mol. The van der Waals surface area contributed by atoms with Crippen molar-refractivity contribution >= 4 is 5.69 Å². The zero-order valence-corrected chi connectivity index (χ0v) is 12.4. The maximum atomic E-state index is 5.80. The molecule has 0 aliphatic rings. The van der Waals surface area contributed by atoms with Crippen LogP contribution in [0.25, 0.3) is 0 Å². The van der Waals surface area contributed by atoms with Crippen LogP contribution in [0.1, 0.15) is 40.5 Å². The molecule has 0 spiro atoms. The van der Waals surface area contributed by atoms with Gasteiger partial charge in [-0.1, -0.05) is 19.9 Å². The Labute approximate surface area is 112 Å². The maximum Gasteiger partial charge on any atom is 0.121 e. The first-order chi connectivity index (χ1) is 8.50. The largest absolute Gasteiger partial charge is 0.494 e. The second kappa shape index (κ2) is 7.30. The second-order valence-corrected chi connectivity index (χ2v) is 5.59. The van der Waals surface area contributed by atoms with E-state index in [9.17, 15) is 0 Å². The highest BCUT2D eigenvalue weighted by Gasteiger charge is 2.05. The van der Waals surface area contributed by atoms with Crippen molar-refractivity contribution in [2.45, 2.75) is 46.6 Å². The van der Waals surface area contributed by atoms with E-state index in [4.69, 9.17) is 4.74 Å². The van der Waals surface area contributed by atoms with Crippen LogP contribution in [0.3, 0.4) is 0 Å². The molecule has 0 N–H and O–H groups in total. The predicted octanol–water partition coefficient (Wildman–Crippen LogP) is 4.35. The summed E-state index contributed by atoms with van der Waals surface area (Å²) in [5.41, 5.74) is 1.21. The van der Waals surface area contributed by atoms with Gasteiger partial charge in [-0.25, -0.2) is 0 Å². The minimum Gasteiger partial charge on any atom is -0.494 e. The quantitative estimate of drug-likeness (QED) is 0.666. The van der Waals surface area contributed by atoms with Gasteiger partial charge in [-0.15, -0.1) is 0 Å². The van der Waals surface area contributed by atoms with E-state index in [1.54, 1.807) is 0 Å². The highest BCUT2D eigenvalue weighted by molar-refractivity contribution is 5.50. The van der Waals surface area contributed by atoms with Crippen molar-refractivity contribution in [3.05, 3.63) is 24.3 Å². The Morgan fingerprint density at radius 2 is 1.89 bits per heavy atom. The van der Waals surface area contributed by atoms with E-state index in [2.05, 4.69) is 57.8 Å². The molecular formula is C16H27NO. The standard InChI is InChI=1S/C16H27NO/c1-13(2)8-7-11-18-16-10-6-9-15(12-16)17(5)14(3)4/h6,9-10,12-14H,7-8,11H2,1-5H3. The van der Waals surface area contributed by atoms with Crippen LogP contribution in [0.5, 0.6) is 5.75 Å². The van der Waals surface area contributed by atoms with E-state index < -0.39 is 0 Å². The van der Waals surface area contributed by atoms with Crippen molar-refractivity contribution in [2.24, 2.45) is 5.92 Å². The number of ether oxygens (including phenoxy) is 1. The molecule has 0 unspecified atom stereocenters. The third kappa shape index (κ3) is 4.99. The Hall–Kier alpha value is -1.18. The topological polar surface area (TPSA) is 12.5 Å². The van der Waals surface area contributed by atoms with Gasteiger partial charge in [-0.05, 0) is 44.7 Å². The molecule has 0 radical (unpaired) electrons. The SMILES string of the molecule is CC(C)CCCOc1cccc(N(C)C(C)C)c1. The highest BCUT2D eigenvalue weighted by Crippen LogP contribution is 2.22. The first-order valence-electron chi connectivity index (χ1n) is 6.96. The number of nitrogens with zero attached hydrogens (tertiary/aromatic N) is 1. The first kappa shape index (κ1) is 14.9. The lowest BCUT2D eigenvalue weighted by atomic mass is 10.1. The zero-order chi connectivity index (χ0) is 13.5. The Morgan fingerprint density at radius 1 is 1.17 bits per heavy atom. The van der Waals surface area contributed by atoms with E-state index in [-0.39, 0.29) is 0 Å². The van der Waals surface area contributed by atoms with E-state index in [1.807, 2.05) is 6.07 Å². The molecule has 1 aromatic rings. The fraction of sp³-hybridized carbons (Fsp3) is 0.625. The van der Waals surface area contributed by atoms with Crippen LogP contribution in [-0.2, 0) is 0 Å². The van der Waals surface area contributed by atoms with E-state index >= 15 is 0 Å². The number of anilines is 1. The average molecular weight is 249 g/mol. The van der Waals surface area contributed by atoms with Gasteiger partial charge in [0.25, 0.3) is 0 Å². The molecule has 0 fully saturated rings. The van der Waals surface area contributed by atoms with Crippen molar-refractivity contribution in [2.75, 3.05) is 18.6 Å². The van der Waals surface area contributed by atoms with Gasteiger partial charge in [0.15, 0.2) is 0 Å². The molecule has 0 amide bonds. The maximum absolute atomic E-state index is 5.80.